The molecule has 2 heterocycles. The summed E-state index contributed by atoms with van der Waals surface area (Å²) in [6, 6.07) is 14.9. The number of benzene rings is 1. The maximum Gasteiger partial charge on any atom is 0.219 e. The van der Waals surface area contributed by atoms with Crippen molar-refractivity contribution in [1.82, 2.24) is 15.6 Å². The summed E-state index contributed by atoms with van der Waals surface area (Å²) in [6.45, 7) is 5.32. The van der Waals surface area contributed by atoms with Crippen molar-refractivity contribution in [3.8, 4) is 17.4 Å². The number of aliphatic hydroxyl groups is 1. The highest BCUT2D eigenvalue weighted by atomic mass is 32.1. The summed E-state index contributed by atoms with van der Waals surface area (Å²) in [6.07, 6.45) is 1.74. The Kier molecular flexibility index (Phi) is 7.86. The van der Waals surface area contributed by atoms with Crippen LogP contribution in [0.5, 0.6) is 17.4 Å². The number of methoxy groups -OCH3 is 1. The van der Waals surface area contributed by atoms with Crippen molar-refractivity contribution in [3.63, 3.8) is 0 Å². The molecule has 0 bridgehead atoms. The molecule has 31 heavy (non-hydrogen) atoms. The molecule has 3 N–H and O–H groups in total. The second-order valence-corrected chi connectivity index (χ2v) is 8.03. The van der Waals surface area contributed by atoms with Crippen LogP contribution in [0.25, 0.3) is 0 Å². The summed E-state index contributed by atoms with van der Waals surface area (Å²) in [5.41, 5.74) is -0.0175. The average molecular weight is 441 g/mol. The number of thiophene rings is 1. The monoisotopic (exact) mass is 440 g/mol. The fourth-order valence-corrected chi connectivity index (χ4v) is 3.56. The maximum atomic E-state index is 10.7. The van der Waals surface area contributed by atoms with Gasteiger partial charge in [0.25, 0.3) is 0 Å². The zero-order valence-corrected chi connectivity index (χ0v) is 18.8. The Balaban J connectivity index is 1.57. The van der Waals surface area contributed by atoms with Gasteiger partial charge in [-0.1, -0.05) is 12.1 Å². The fourth-order valence-electron chi connectivity index (χ4n) is 2.77. The molecule has 2 aromatic heterocycles. The van der Waals surface area contributed by atoms with Gasteiger partial charge in [-0.3, -0.25) is 0 Å². The smallest absolute Gasteiger partial charge is 0.219 e. The van der Waals surface area contributed by atoms with E-state index in [2.05, 4.69) is 20.6 Å². The van der Waals surface area contributed by atoms with Crippen LogP contribution in [0.3, 0.4) is 0 Å². The summed E-state index contributed by atoms with van der Waals surface area (Å²) >= 11 is 1.53. The number of rotatable bonds is 9. The first kappa shape index (κ1) is 22.6. The molecule has 0 amide bonds. The van der Waals surface area contributed by atoms with Crippen LogP contribution in [0, 0.1) is 0 Å². The van der Waals surface area contributed by atoms with Crippen LogP contribution in [0.4, 0.5) is 0 Å². The third-order valence-electron chi connectivity index (χ3n) is 4.50. The number of pyridine rings is 1. The van der Waals surface area contributed by atoms with E-state index < -0.39 is 5.60 Å². The highest BCUT2D eigenvalue weighted by Crippen LogP contribution is 2.24. The molecular formula is C23H28N4O3S. The van der Waals surface area contributed by atoms with E-state index in [4.69, 9.17) is 9.47 Å². The summed E-state index contributed by atoms with van der Waals surface area (Å²) in [4.78, 5) is 9.86. The first-order chi connectivity index (χ1) is 15.0. The van der Waals surface area contributed by atoms with Gasteiger partial charge >= 0.3 is 0 Å². The predicted octanol–water partition coefficient (Wildman–Crippen LogP) is 3.91. The van der Waals surface area contributed by atoms with Gasteiger partial charge in [-0.25, -0.2) is 9.98 Å². The Morgan fingerprint density at radius 3 is 2.52 bits per heavy atom. The Labute approximate surface area is 186 Å². The van der Waals surface area contributed by atoms with Crippen LogP contribution >= 0.6 is 11.3 Å². The van der Waals surface area contributed by atoms with Crippen LogP contribution in [0.1, 0.15) is 24.3 Å². The minimum Gasteiger partial charge on any atom is -0.497 e. The first-order valence-corrected chi connectivity index (χ1v) is 10.9. The Morgan fingerprint density at radius 2 is 1.90 bits per heavy atom. The molecule has 0 radical (unpaired) electrons. The predicted molar refractivity (Wildman–Crippen MR) is 124 cm³/mol. The van der Waals surface area contributed by atoms with Gasteiger partial charge in [-0.05, 0) is 55.1 Å². The lowest BCUT2D eigenvalue weighted by Gasteiger charge is -2.23. The van der Waals surface area contributed by atoms with Crippen molar-refractivity contribution in [3.05, 3.63) is 70.5 Å². The van der Waals surface area contributed by atoms with Gasteiger partial charge in [0, 0.05) is 23.7 Å². The highest BCUT2D eigenvalue weighted by Gasteiger charge is 2.24. The first-order valence-electron chi connectivity index (χ1n) is 10.1. The molecule has 1 atom stereocenters. The van der Waals surface area contributed by atoms with E-state index in [-0.39, 0.29) is 0 Å². The van der Waals surface area contributed by atoms with Crippen molar-refractivity contribution in [1.29, 1.82) is 0 Å². The molecular weight excluding hydrogens is 412 g/mol. The number of aromatic nitrogens is 1. The Bertz CT molecular complexity index is 956. The number of ether oxygens (including phenoxy) is 2. The van der Waals surface area contributed by atoms with E-state index in [1.807, 2.05) is 60.8 Å². The quantitative estimate of drug-likeness (QED) is 0.345. The van der Waals surface area contributed by atoms with Gasteiger partial charge in [0.1, 0.15) is 17.1 Å². The lowest BCUT2D eigenvalue weighted by atomic mass is 10.1. The Morgan fingerprint density at radius 1 is 1.13 bits per heavy atom. The molecule has 8 heteroatoms. The molecule has 0 saturated heterocycles. The van der Waals surface area contributed by atoms with Crippen molar-refractivity contribution < 1.29 is 14.6 Å². The standard InChI is InChI=1S/C23H28N4O3S/c1-4-24-22(27-16-23(2,28)20-6-5-13-31-20)26-15-17-7-12-21(25-14-17)30-19-10-8-18(29-3)9-11-19/h5-14,28H,4,15-16H2,1-3H3,(H2,24,26,27). The van der Waals surface area contributed by atoms with Gasteiger partial charge in [0.05, 0.1) is 20.2 Å². The molecule has 0 saturated carbocycles. The van der Waals surface area contributed by atoms with E-state index in [0.717, 1.165) is 22.7 Å². The molecule has 3 rings (SSSR count). The largest absolute Gasteiger partial charge is 0.497 e. The van der Waals surface area contributed by atoms with Gasteiger partial charge in [-0.2, -0.15) is 0 Å². The number of hydrogen-bond donors (Lipinski definition) is 3. The summed E-state index contributed by atoms with van der Waals surface area (Å²) < 4.78 is 10.9. The lowest BCUT2D eigenvalue weighted by molar-refractivity contribution is 0.0655. The molecule has 1 unspecified atom stereocenters. The fraction of sp³-hybridized carbons (Fsp3) is 0.304. The molecule has 0 fully saturated rings. The molecule has 0 aliphatic carbocycles. The molecule has 0 aliphatic rings. The number of nitrogens with zero attached hydrogens (tertiary/aromatic N) is 2. The molecule has 0 spiro atoms. The van der Waals surface area contributed by atoms with Crippen LogP contribution < -0.4 is 20.1 Å². The molecule has 1 aromatic carbocycles. The highest BCUT2D eigenvalue weighted by molar-refractivity contribution is 7.10. The molecule has 0 aliphatic heterocycles. The minimum atomic E-state index is -0.966. The summed E-state index contributed by atoms with van der Waals surface area (Å²) in [5, 5.41) is 19.1. The maximum absolute atomic E-state index is 10.7. The van der Waals surface area contributed by atoms with E-state index in [1.54, 1.807) is 20.2 Å². The zero-order valence-electron chi connectivity index (χ0n) is 18.0. The van der Waals surface area contributed by atoms with E-state index in [1.165, 1.54) is 11.3 Å². The number of guanidine groups is 1. The Hall–Kier alpha value is -3.10. The third kappa shape index (κ3) is 6.70. The normalized spacial score (nSPS) is 13.4. The third-order valence-corrected chi connectivity index (χ3v) is 5.62. The van der Waals surface area contributed by atoms with Gasteiger partial charge in [-0.15, -0.1) is 11.3 Å². The van der Waals surface area contributed by atoms with Gasteiger partial charge < -0.3 is 25.2 Å². The summed E-state index contributed by atoms with van der Waals surface area (Å²) in [5.74, 6) is 2.61. The van der Waals surface area contributed by atoms with Crippen molar-refractivity contribution in [2.24, 2.45) is 4.99 Å². The number of aliphatic imine (C=N–C) groups is 1. The molecule has 164 valence electrons. The molecule has 7 nitrogen and oxygen atoms in total. The average Bonchev–Trinajstić information content (AvgIpc) is 3.33. The second-order valence-electron chi connectivity index (χ2n) is 7.08. The SMILES string of the molecule is CCNC(=NCc1ccc(Oc2ccc(OC)cc2)nc1)NCC(C)(O)c1cccs1. The number of nitrogens with one attached hydrogen (secondary N) is 2. The second kappa shape index (κ2) is 10.8. The minimum absolute atomic E-state index is 0.353. The topological polar surface area (TPSA) is 88.0 Å². The summed E-state index contributed by atoms with van der Waals surface area (Å²) in [7, 11) is 1.63. The van der Waals surface area contributed by atoms with E-state index in [9.17, 15) is 5.11 Å². The van der Waals surface area contributed by atoms with Crippen LogP contribution in [-0.4, -0.2) is 36.2 Å². The van der Waals surface area contributed by atoms with Gasteiger partial charge in [0.2, 0.25) is 5.88 Å². The van der Waals surface area contributed by atoms with Crippen LogP contribution in [0.15, 0.2) is 65.1 Å². The lowest BCUT2D eigenvalue weighted by Crippen LogP contribution is -2.44. The van der Waals surface area contributed by atoms with Crippen molar-refractivity contribution in [2.45, 2.75) is 26.0 Å². The van der Waals surface area contributed by atoms with Crippen molar-refractivity contribution in [2.75, 3.05) is 20.2 Å². The van der Waals surface area contributed by atoms with Crippen LogP contribution in [0.2, 0.25) is 0 Å². The zero-order chi connectivity index (χ0) is 22.1. The van der Waals surface area contributed by atoms with Crippen molar-refractivity contribution >= 4 is 17.3 Å². The van der Waals surface area contributed by atoms with Gasteiger partial charge in [0.15, 0.2) is 5.96 Å². The number of hydrogen-bond acceptors (Lipinski definition) is 6. The van der Waals surface area contributed by atoms with E-state index in [0.29, 0.717) is 30.7 Å². The van der Waals surface area contributed by atoms with Crippen LogP contribution in [-0.2, 0) is 12.1 Å². The molecule has 3 aromatic rings. The van der Waals surface area contributed by atoms with E-state index >= 15 is 0 Å².